The van der Waals surface area contributed by atoms with Gasteiger partial charge in [-0.2, -0.15) is 5.10 Å². The van der Waals surface area contributed by atoms with Crippen molar-refractivity contribution in [3.63, 3.8) is 0 Å². The molecule has 0 radical (unpaired) electrons. The summed E-state index contributed by atoms with van der Waals surface area (Å²) in [6.07, 6.45) is 1.37. The van der Waals surface area contributed by atoms with Gasteiger partial charge in [0, 0.05) is 5.02 Å². The van der Waals surface area contributed by atoms with Crippen molar-refractivity contribution in [1.82, 2.24) is 9.78 Å². The van der Waals surface area contributed by atoms with Gasteiger partial charge in [-0.1, -0.05) is 17.7 Å². The average Bonchev–Trinajstić information content (AvgIpc) is 3.37. The molecule has 0 saturated carbocycles. The molecule has 4 atom stereocenters. The summed E-state index contributed by atoms with van der Waals surface area (Å²) in [7, 11) is 0. The Labute approximate surface area is 166 Å². The van der Waals surface area contributed by atoms with E-state index in [1.165, 1.54) is 17.0 Å². The minimum Gasteiger partial charge on any atom is -0.373 e. The summed E-state index contributed by atoms with van der Waals surface area (Å²) >= 11 is 6.14. The largest absolute Gasteiger partial charge is 0.373 e. The van der Waals surface area contributed by atoms with E-state index in [-0.39, 0.29) is 35.9 Å². The molecule has 6 nitrogen and oxygen atoms in total. The number of imide groups is 1. The molecule has 3 aliphatic rings. The van der Waals surface area contributed by atoms with Crippen molar-refractivity contribution >= 4 is 29.1 Å². The fraction of sp³-hybridized carbons (Fsp3) is 0.450. The highest BCUT2D eigenvalue weighted by Crippen LogP contribution is 2.50. The Bertz CT molecular complexity index is 992. The van der Waals surface area contributed by atoms with E-state index < -0.39 is 5.82 Å². The summed E-state index contributed by atoms with van der Waals surface area (Å²) in [4.78, 5) is 27.5. The maximum atomic E-state index is 13.3. The second-order valence-corrected chi connectivity index (χ2v) is 8.17. The SMILES string of the molecule is Cc1nn(Cc2ccc(F)cc2Cl)c(C)c1N1C(=O)[C@@H]2[C@H](C1=O)[C@H]1CC[C@@H]2O1. The molecule has 5 rings (SSSR count). The lowest BCUT2D eigenvalue weighted by atomic mass is 9.81. The number of ether oxygens (including phenoxy) is 1. The van der Waals surface area contributed by atoms with Crippen molar-refractivity contribution in [3.05, 3.63) is 46.0 Å². The van der Waals surface area contributed by atoms with Crippen LogP contribution in [0.15, 0.2) is 18.2 Å². The number of aromatic nitrogens is 2. The number of carbonyl (C=O) groups is 2. The number of fused-ring (bicyclic) bond motifs is 5. The molecule has 2 aromatic rings. The molecule has 146 valence electrons. The molecule has 0 spiro atoms. The predicted molar refractivity (Wildman–Crippen MR) is 99.6 cm³/mol. The van der Waals surface area contributed by atoms with Crippen LogP contribution in [-0.2, 0) is 20.9 Å². The lowest BCUT2D eigenvalue weighted by Gasteiger charge is -2.18. The number of anilines is 1. The third-order valence-electron chi connectivity index (χ3n) is 6.19. The Kier molecular flexibility index (Phi) is 3.90. The van der Waals surface area contributed by atoms with E-state index in [9.17, 15) is 14.0 Å². The summed E-state index contributed by atoms with van der Waals surface area (Å²) < 4.78 is 20.8. The smallest absolute Gasteiger partial charge is 0.240 e. The van der Waals surface area contributed by atoms with Gasteiger partial charge in [0.05, 0.1) is 47.7 Å². The van der Waals surface area contributed by atoms with Crippen molar-refractivity contribution in [2.75, 3.05) is 4.90 Å². The zero-order chi connectivity index (χ0) is 19.7. The molecule has 3 saturated heterocycles. The third-order valence-corrected chi connectivity index (χ3v) is 6.54. The molecule has 8 heteroatoms. The van der Waals surface area contributed by atoms with Crippen molar-refractivity contribution in [2.45, 2.75) is 45.4 Å². The van der Waals surface area contributed by atoms with E-state index in [0.29, 0.717) is 34.2 Å². The summed E-state index contributed by atoms with van der Waals surface area (Å²) in [5.74, 6) is -1.53. The standard InChI is InChI=1S/C20H19ClFN3O3/c1-9-18(10(2)24(23-9)8-11-3-4-12(22)7-13(11)21)25-19(26)16-14-5-6-15(28-14)17(16)20(25)27/h3-4,7,14-17H,5-6,8H2,1-2H3/t14-,15+,16-,17+. The molecule has 0 N–H and O–H groups in total. The van der Waals surface area contributed by atoms with Gasteiger partial charge in [0.25, 0.3) is 0 Å². The van der Waals surface area contributed by atoms with Crippen LogP contribution in [0.2, 0.25) is 5.02 Å². The van der Waals surface area contributed by atoms with Gasteiger partial charge in [0.2, 0.25) is 11.8 Å². The lowest BCUT2D eigenvalue weighted by molar-refractivity contribution is -0.124. The molecule has 1 aromatic heterocycles. The van der Waals surface area contributed by atoms with Crippen LogP contribution in [0.25, 0.3) is 0 Å². The average molecular weight is 404 g/mol. The number of aryl methyl sites for hydroxylation is 1. The molecule has 2 bridgehead atoms. The summed E-state index contributed by atoms with van der Waals surface area (Å²) in [6.45, 7) is 3.93. The van der Waals surface area contributed by atoms with E-state index in [1.807, 2.05) is 6.92 Å². The zero-order valence-electron chi connectivity index (χ0n) is 15.5. The van der Waals surface area contributed by atoms with Crippen LogP contribution in [0.1, 0.15) is 29.8 Å². The number of rotatable bonds is 3. The highest BCUT2D eigenvalue weighted by atomic mass is 35.5. The molecular weight excluding hydrogens is 385 g/mol. The summed E-state index contributed by atoms with van der Waals surface area (Å²) in [5.41, 5.74) is 2.56. The second-order valence-electron chi connectivity index (χ2n) is 7.77. The van der Waals surface area contributed by atoms with Crippen LogP contribution in [0.4, 0.5) is 10.1 Å². The normalized spacial score (nSPS) is 28.5. The van der Waals surface area contributed by atoms with Gasteiger partial charge in [-0.3, -0.25) is 14.3 Å². The number of nitrogens with zero attached hydrogens (tertiary/aromatic N) is 3. The minimum atomic E-state index is -0.403. The number of hydrogen-bond acceptors (Lipinski definition) is 4. The molecule has 28 heavy (non-hydrogen) atoms. The van der Waals surface area contributed by atoms with Gasteiger partial charge in [0.1, 0.15) is 5.82 Å². The van der Waals surface area contributed by atoms with Crippen LogP contribution in [-0.4, -0.2) is 33.8 Å². The first-order chi connectivity index (χ1) is 13.4. The molecule has 4 heterocycles. The van der Waals surface area contributed by atoms with E-state index >= 15 is 0 Å². The van der Waals surface area contributed by atoms with Crippen molar-refractivity contribution in [2.24, 2.45) is 11.8 Å². The fourth-order valence-corrected chi connectivity index (χ4v) is 5.14. The van der Waals surface area contributed by atoms with Crippen molar-refractivity contribution in [1.29, 1.82) is 0 Å². The maximum Gasteiger partial charge on any atom is 0.240 e. The van der Waals surface area contributed by atoms with Crippen LogP contribution in [0.5, 0.6) is 0 Å². The molecule has 3 aliphatic heterocycles. The maximum absolute atomic E-state index is 13.3. The summed E-state index contributed by atoms with van der Waals surface area (Å²) in [5, 5.41) is 4.83. The van der Waals surface area contributed by atoms with Crippen LogP contribution in [0, 0.1) is 31.5 Å². The molecule has 3 fully saturated rings. The highest BCUT2D eigenvalue weighted by Gasteiger charge is 2.63. The van der Waals surface area contributed by atoms with Gasteiger partial charge in [-0.05, 0) is 44.4 Å². The van der Waals surface area contributed by atoms with E-state index in [1.54, 1.807) is 17.7 Å². The lowest BCUT2D eigenvalue weighted by Crippen LogP contribution is -2.35. The van der Waals surface area contributed by atoms with Gasteiger partial charge in [-0.25, -0.2) is 9.29 Å². The van der Waals surface area contributed by atoms with Crippen LogP contribution in [0.3, 0.4) is 0 Å². The van der Waals surface area contributed by atoms with E-state index in [4.69, 9.17) is 16.3 Å². The number of hydrogen-bond donors (Lipinski definition) is 0. The van der Waals surface area contributed by atoms with E-state index in [0.717, 1.165) is 12.8 Å². The van der Waals surface area contributed by atoms with Crippen molar-refractivity contribution in [3.8, 4) is 0 Å². The summed E-state index contributed by atoms with van der Waals surface area (Å²) in [6, 6.07) is 4.21. The van der Waals surface area contributed by atoms with Gasteiger partial charge < -0.3 is 4.74 Å². The number of benzene rings is 1. The first kappa shape index (κ1) is 17.8. The third kappa shape index (κ3) is 2.39. The van der Waals surface area contributed by atoms with Gasteiger partial charge in [0.15, 0.2) is 0 Å². The quantitative estimate of drug-likeness (QED) is 0.739. The molecule has 1 aromatic carbocycles. The Morgan fingerprint density at radius 2 is 1.82 bits per heavy atom. The molecular formula is C20H19ClFN3O3. The Balaban J connectivity index is 1.50. The van der Waals surface area contributed by atoms with E-state index in [2.05, 4.69) is 5.10 Å². The highest BCUT2D eigenvalue weighted by molar-refractivity contribution is 6.31. The monoisotopic (exact) mass is 403 g/mol. The Morgan fingerprint density at radius 3 is 2.43 bits per heavy atom. The van der Waals surface area contributed by atoms with Crippen LogP contribution < -0.4 is 4.90 Å². The first-order valence-electron chi connectivity index (χ1n) is 9.38. The molecule has 0 unspecified atom stereocenters. The molecule has 0 aliphatic carbocycles. The first-order valence-corrected chi connectivity index (χ1v) is 9.76. The number of carbonyl (C=O) groups excluding carboxylic acids is 2. The Hall–Kier alpha value is -2.25. The van der Waals surface area contributed by atoms with Crippen molar-refractivity contribution < 1.29 is 18.7 Å². The number of halogens is 2. The van der Waals surface area contributed by atoms with Gasteiger partial charge >= 0.3 is 0 Å². The van der Waals surface area contributed by atoms with Crippen LogP contribution >= 0.6 is 11.6 Å². The molecule has 2 amide bonds. The predicted octanol–water partition coefficient (Wildman–Crippen LogP) is 3.01. The Morgan fingerprint density at radius 1 is 1.18 bits per heavy atom. The topological polar surface area (TPSA) is 64.4 Å². The minimum absolute atomic E-state index is 0.148. The zero-order valence-corrected chi connectivity index (χ0v) is 16.2. The fourth-order valence-electron chi connectivity index (χ4n) is 4.91. The number of amides is 2. The second kappa shape index (κ2) is 6.12. The van der Waals surface area contributed by atoms with Gasteiger partial charge in [-0.15, -0.1) is 0 Å².